The molecule has 5 nitrogen and oxygen atoms in total. The second-order valence-corrected chi connectivity index (χ2v) is 9.54. The summed E-state index contributed by atoms with van der Waals surface area (Å²) in [5.74, 6) is 0.373. The number of hydrogen-bond donors (Lipinski definition) is 2. The topological polar surface area (TPSA) is 61.4 Å². The van der Waals surface area contributed by atoms with Crippen LogP contribution < -0.4 is 10.6 Å². The predicted molar refractivity (Wildman–Crippen MR) is 131 cm³/mol. The number of carbonyl (C=O) groups is 2. The molecule has 1 saturated heterocycles. The SMILES string of the molecule is CC1CCN(C(=O)c2ccc(NC(=S)NC(=O)c3sc4ccccc4c3Cl)cc2)CC1. The number of halogens is 1. The minimum absolute atomic E-state index is 0.0498. The van der Waals surface area contributed by atoms with Gasteiger partial charge in [0.1, 0.15) is 4.88 Å². The Morgan fingerprint density at radius 2 is 1.77 bits per heavy atom. The van der Waals surface area contributed by atoms with Gasteiger partial charge in [-0.1, -0.05) is 36.7 Å². The number of piperidine rings is 1. The number of amides is 2. The van der Waals surface area contributed by atoms with Gasteiger partial charge in [-0.15, -0.1) is 11.3 Å². The summed E-state index contributed by atoms with van der Waals surface area (Å²) >= 11 is 13.0. The summed E-state index contributed by atoms with van der Waals surface area (Å²) < 4.78 is 0.944. The Hall–Kier alpha value is -2.48. The first-order valence-corrected chi connectivity index (χ1v) is 11.7. The summed E-state index contributed by atoms with van der Waals surface area (Å²) in [6.45, 7) is 3.82. The number of rotatable bonds is 3. The first-order chi connectivity index (χ1) is 14.9. The largest absolute Gasteiger partial charge is 0.339 e. The van der Waals surface area contributed by atoms with E-state index in [-0.39, 0.29) is 16.9 Å². The average molecular weight is 472 g/mol. The molecule has 1 aliphatic heterocycles. The Bertz CT molecular complexity index is 1140. The molecule has 0 radical (unpaired) electrons. The van der Waals surface area contributed by atoms with E-state index in [1.807, 2.05) is 29.2 Å². The van der Waals surface area contributed by atoms with Crippen LogP contribution in [0, 0.1) is 5.92 Å². The highest BCUT2D eigenvalue weighted by Crippen LogP contribution is 2.35. The van der Waals surface area contributed by atoms with Crippen molar-refractivity contribution in [1.82, 2.24) is 10.2 Å². The van der Waals surface area contributed by atoms with Gasteiger partial charge in [0.25, 0.3) is 11.8 Å². The van der Waals surface area contributed by atoms with Crippen LogP contribution in [0.3, 0.4) is 0 Å². The molecule has 0 atom stereocenters. The molecule has 0 saturated carbocycles. The zero-order chi connectivity index (χ0) is 22.0. The molecule has 2 aromatic carbocycles. The van der Waals surface area contributed by atoms with Gasteiger partial charge in [-0.05, 0) is 61.3 Å². The van der Waals surface area contributed by atoms with Gasteiger partial charge in [-0.2, -0.15) is 0 Å². The monoisotopic (exact) mass is 471 g/mol. The van der Waals surface area contributed by atoms with Crippen LogP contribution in [0.5, 0.6) is 0 Å². The van der Waals surface area contributed by atoms with E-state index in [1.165, 1.54) is 11.3 Å². The quantitative estimate of drug-likeness (QED) is 0.491. The molecule has 2 N–H and O–H groups in total. The first-order valence-electron chi connectivity index (χ1n) is 10.1. The van der Waals surface area contributed by atoms with Crippen molar-refractivity contribution >= 4 is 67.9 Å². The van der Waals surface area contributed by atoms with Gasteiger partial charge in [0.05, 0.1) is 5.02 Å². The number of nitrogens with zero attached hydrogens (tertiary/aromatic N) is 1. The Morgan fingerprint density at radius 1 is 1.10 bits per heavy atom. The van der Waals surface area contributed by atoms with Crippen LogP contribution in [0.25, 0.3) is 10.1 Å². The number of likely N-dealkylation sites (tertiary alicyclic amines) is 1. The van der Waals surface area contributed by atoms with E-state index >= 15 is 0 Å². The second kappa shape index (κ2) is 9.34. The molecule has 1 aromatic heterocycles. The van der Waals surface area contributed by atoms with Crippen molar-refractivity contribution in [2.45, 2.75) is 19.8 Å². The van der Waals surface area contributed by atoms with Crippen molar-refractivity contribution in [1.29, 1.82) is 0 Å². The van der Waals surface area contributed by atoms with Crippen LogP contribution in [0.1, 0.15) is 39.8 Å². The molecule has 0 unspecified atom stereocenters. The van der Waals surface area contributed by atoms with Crippen molar-refractivity contribution in [2.24, 2.45) is 5.92 Å². The summed E-state index contributed by atoms with van der Waals surface area (Å²) in [4.78, 5) is 27.6. The van der Waals surface area contributed by atoms with E-state index in [9.17, 15) is 9.59 Å². The van der Waals surface area contributed by atoms with E-state index in [2.05, 4.69) is 17.6 Å². The molecular formula is C23H22ClN3O2S2. The number of thiophene rings is 1. The fraction of sp³-hybridized carbons (Fsp3) is 0.261. The fourth-order valence-corrected chi connectivity index (χ4v) is 5.20. The third-order valence-corrected chi connectivity index (χ3v) is 7.31. The van der Waals surface area contributed by atoms with Crippen molar-refractivity contribution in [2.75, 3.05) is 18.4 Å². The predicted octanol–water partition coefficient (Wildman–Crippen LogP) is 5.55. The van der Waals surface area contributed by atoms with Crippen LogP contribution >= 0.6 is 35.2 Å². The third kappa shape index (κ3) is 4.89. The van der Waals surface area contributed by atoms with Gasteiger partial charge in [0.15, 0.2) is 5.11 Å². The highest BCUT2D eigenvalue weighted by Gasteiger charge is 2.21. The van der Waals surface area contributed by atoms with Gasteiger partial charge in [-0.3, -0.25) is 14.9 Å². The second-order valence-electron chi connectivity index (χ2n) is 7.70. The molecule has 160 valence electrons. The lowest BCUT2D eigenvalue weighted by Crippen LogP contribution is -2.37. The summed E-state index contributed by atoms with van der Waals surface area (Å²) in [6, 6.07) is 14.7. The zero-order valence-corrected chi connectivity index (χ0v) is 19.4. The maximum atomic E-state index is 12.7. The summed E-state index contributed by atoms with van der Waals surface area (Å²) in [5, 5.41) is 7.10. The van der Waals surface area contributed by atoms with Crippen LogP contribution in [-0.4, -0.2) is 34.9 Å². The van der Waals surface area contributed by atoms with E-state index in [0.29, 0.717) is 27.1 Å². The molecule has 1 aliphatic rings. The number of fused-ring (bicyclic) bond motifs is 1. The Kier molecular flexibility index (Phi) is 6.55. The van der Waals surface area contributed by atoms with Crippen molar-refractivity contribution in [3.05, 3.63) is 64.0 Å². The number of hydrogen-bond acceptors (Lipinski definition) is 4. The smallest absolute Gasteiger partial charge is 0.269 e. The van der Waals surface area contributed by atoms with Crippen molar-refractivity contribution in [3.8, 4) is 0 Å². The standard InChI is InChI=1S/C23H22ClN3O2S2/c1-14-10-12-27(13-11-14)22(29)15-6-8-16(9-7-15)25-23(30)26-21(28)20-19(24)17-4-2-3-5-18(17)31-20/h2-9,14H,10-13H2,1H3,(H2,25,26,28,30). The normalized spacial score (nSPS) is 14.5. The van der Waals surface area contributed by atoms with Crippen molar-refractivity contribution < 1.29 is 9.59 Å². The van der Waals surface area contributed by atoms with Gasteiger partial charge >= 0.3 is 0 Å². The average Bonchev–Trinajstić information content (AvgIpc) is 3.11. The zero-order valence-electron chi connectivity index (χ0n) is 17.0. The maximum absolute atomic E-state index is 12.7. The molecular weight excluding hydrogens is 450 g/mol. The van der Waals surface area contributed by atoms with Gasteiger partial charge < -0.3 is 10.2 Å². The number of anilines is 1. The summed E-state index contributed by atoms with van der Waals surface area (Å²) in [5.41, 5.74) is 1.34. The molecule has 2 heterocycles. The van der Waals surface area contributed by atoms with Gasteiger partial charge in [0.2, 0.25) is 0 Å². The molecule has 4 rings (SSSR count). The highest BCUT2D eigenvalue weighted by molar-refractivity contribution is 7.80. The first kappa shape index (κ1) is 21.7. The number of benzene rings is 2. The minimum Gasteiger partial charge on any atom is -0.339 e. The van der Waals surface area contributed by atoms with Crippen LogP contribution in [0.4, 0.5) is 5.69 Å². The Balaban J connectivity index is 1.36. The molecule has 0 bridgehead atoms. The molecule has 0 spiro atoms. The fourth-order valence-electron chi connectivity index (χ4n) is 3.57. The van der Waals surface area contributed by atoms with Crippen LogP contribution in [0.2, 0.25) is 5.02 Å². The molecule has 0 aliphatic carbocycles. The van der Waals surface area contributed by atoms with Crippen LogP contribution in [-0.2, 0) is 0 Å². The van der Waals surface area contributed by atoms with E-state index in [1.54, 1.807) is 24.3 Å². The number of carbonyl (C=O) groups excluding carboxylic acids is 2. The van der Waals surface area contributed by atoms with Gasteiger partial charge in [-0.25, -0.2) is 0 Å². The molecule has 1 fully saturated rings. The van der Waals surface area contributed by atoms with Crippen LogP contribution in [0.15, 0.2) is 48.5 Å². The third-order valence-electron chi connectivity index (χ3n) is 5.43. The molecule has 3 aromatic rings. The lowest BCUT2D eigenvalue weighted by Gasteiger charge is -2.30. The summed E-state index contributed by atoms with van der Waals surface area (Å²) in [7, 11) is 0. The Morgan fingerprint density at radius 3 is 2.45 bits per heavy atom. The lowest BCUT2D eigenvalue weighted by molar-refractivity contribution is 0.0697. The maximum Gasteiger partial charge on any atom is 0.269 e. The lowest BCUT2D eigenvalue weighted by atomic mass is 9.98. The summed E-state index contributed by atoms with van der Waals surface area (Å²) in [6.07, 6.45) is 2.09. The highest BCUT2D eigenvalue weighted by atomic mass is 35.5. The Labute approximate surface area is 195 Å². The van der Waals surface area contributed by atoms with Crippen molar-refractivity contribution in [3.63, 3.8) is 0 Å². The number of thiocarbonyl (C=S) groups is 1. The molecule has 8 heteroatoms. The van der Waals surface area contributed by atoms with E-state index < -0.39 is 0 Å². The minimum atomic E-state index is -0.352. The van der Waals surface area contributed by atoms with Gasteiger partial charge in [0, 0.05) is 34.4 Å². The molecule has 2 amide bonds. The van der Waals surface area contributed by atoms with E-state index in [0.717, 1.165) is 36.0 Å². The van der Waals surface area contributed by atoms with E-state index in [4.69, 9.17) is 23.8 Å². The molecule has 31 heavy (non-hydrogen) atoms. The number of nitrogens with one attached hydrogen (secondary N) is 2.